The molecular formula is C12H19F3N2O3. The lowest BCUT2D eigenvalue weighted by atomic mass is 9.98. The normalized spacial score (nSPS) is 18.1. The van der Waals surface area contributed by atoms with Gasteiger partial charge < -0.3 is 15.3 Å². The number of aliphatic carboxylic acids is 1. The Morgan fingerprint density at radius 2 is 1.80 bits per heavy atom. The summed E-state index contributed by atoms with van der Waals surface area (Å²) in [5.41, 5.74) is -1.43. The summed E-state index contributed by atoms with van der Waals surface area (Å²) >= 11 is 0. The van der Waals surface area contributed by atoms with Crippen molar-refractivity contribution < 1.29 is 27.9 Å². The van der Waals surface area contributed by atoms with E-state index in [1.165, 1.54) is 13.8 Å². The van der Waals surface area contributed by atoms with Crippen LogP contribution in [0.5, 0.6) is 0 Å². The molecule has 20 heavy (non-hydrogen) atoms. The molecule has 0 aliphatic heterocycles. The first-order valence-corrected chi connectivity index (χ1v) is 6.46. The number of nitrogens with one attached hydrogen (secondary N) is 1. The van der Waals surface area contributed by atoms with Crippen LogP contribution in [0.4, 0.5) is 18.0 Å². The number of halogens is 3. The fourth-order valence-corrected chi connectivity index (χ4v) is 2.33. The van der Waals surface area contributed by atoms with E-state index in [4.69, 9.17) is 0 Å². The number of hydrogen-bond acceptors (Lipinski definition) is 2. The Morgan fingerprint density at radius 3 is 2.15 bits per heavy atom. The van der Waals surface area contributed by atoms with E-state index < -0.39 is 36.3 Å². The van der Waals surface area contributed by atoms with Crippen LogP contribution in [-0.4, -0.2) is 46.3 Å². The first kappa shape index (κ1) is 16.6. The molecule has 1 fully saturated rings. The van der Waals surface area contributed by atoms with Gasteiger partial charge in [0, 0.05) is 6.04 Å². The first-order chi connectivity index (χ1) is 9.07. The van der Waals surface area contributed by atoms with Gasteiger partial charge in [-0.05, 0) is 26.7 Å². The molecule has 1 aliphatic carbocycles. The summed E-state index contributed by atoms with van der Waals surface area (Å²) in [6.45, 7) is 1.51. The van der Waals surface area contributed by atoms with E-state index in [1.807, 2.05) is 0 Å². The molecule has 8 heteroatoms. The highest BCUT2D eigenvalue weighted by Crippen LogP contribution is 2.30. The van der Waals surface area contributed by atoms with Crippen molar-refractivity contribution in [2.24, 2.45) is 0 Å². The molecule has 2 N–H and O–H groups in total. The lowest BCUT2D eigenvalue weighted by molar-refractivity contribution is -0.145. The number of urea groups is 1. The second kappa shape index (κ2) is 5.88. The average Bonchev–Trinajstić information content (AvgIpc) is 2.74. The molecule has 1 aliphatic rings. The van der Waals surface area contributed by atoms with Gasteiger partial charge in [0.25, 0.3) is 0 Å². The summed E-state index contributed by atoms with van der Waals surface area (Å²) < 4.78 is 37.4. The molecule has 0 spiro atoms. The van der Waals surface area contributed by atoms with Crippen LogP contribution < -0.4 is 5.32 Å². The molecule has 0 saturated heterocycles. The van der Waals surface area contributed by atoms with Crippen LogP contribution in [0.25, 0.3) is 0 Å². The zero-order valence-electron chi connectivity index (χ0n) is 11.5. The summed E-state index contributed by atoms with van der Waals surface area (Å²) in [5, 5.41) is 11.5. The quantitative estimate of drug-likeness (QED) is 0.836. The molecule has 0 aromatic heterocycles. The molecular weight excluding hydrogens is 277 g/mol. The average molecular weight is 296 g/mol. The van der Waals surface area contributed by atoms with E-state index in [-0.39, 0.29) is 12.8 Å². The van der Waals surface area contributed by atoms with Crippen molar-refractivity contribution in [2.45, 2.75) is 57.3 Å². The summed E-state index contributed by atoms with van der Waals surface area (Å²) in [6.07, 6.45) is -2.77. The lowest BCUT2D eigenvalue weighted by Gasteiger charge is -2.33. The van der Waals surface area contributed by atoms with Gasteiger partial charge in [0.05, 0.1) is 0 Å². The number of nitrogens with zero attached hydrogens (tertiary/aromatic N) is 1. The van der Waals surface area contributed by atoms with Crippen molar-refractivity contribution >= 4 is 12.0 Å². The molecule has 0 aromatic rings. The van der Waals surface area contributed by atoms with Gasteiger partial charge in [0.1, 0.15) is 12.1 Å². The number of carbonyl (C=O) groups excluding carboxylic acids is 1. The summed E-state index contributed by atoms with van der Waals surface area (Å²) in [7, 11) is 0. The van der Waals surface area contributed by atoms with Gasteiger partial charge in [-0.1, -0.05) is 12.8 Å². The number of hydrogen-bond donors (Lipinski definition) is 2. The highest BCUT2D eigenvalue weighted by Gasteiger charge is 2.44. The third-order valence-corrected chi connectivity index (χ3v) is 3.45. The highest BCUT2D eigenvalue weighted by atomic mass is 19.4. The van der Waals surface area contributed by atoms with Crippen LogP contribution in [0.1, 0.15) is 39.5 Å². The van der Waals surface area contributed by atoms with Crippen molar-refractivity contribution in [3.8, 4) is 0 Å². The van der Waals surface area contributed by atoms with E-state index in [1.54, 1.807) is 0 Å². The largest absolute Gasteiger partial charge is 0.480 e. The van der Waals surface area contributed by atoms with Gasteiger partial charge in [-0.15, -0.1) is 0 Å². The zero-order valence-corrected chi connectivity index (χ0v) is 11.5. The predicted molar refractivity (Wildman–Crippen MR) is 65.3 cm³/mol. The van der Waals surface area contributed by atoms with Crippen molar-refractivity contribution in [2.75, 3.05) is 6.54 Å². The fraction of sp³-hybridized carbons (Fsp3) is 0.833. The monoisotopic (exact) mass is 296 g/mol. The third kappa shape index (κ3) is 4.01. The number of rotatable bonds is 4. The molecule has 2 amide bonds. The van der Waals surface area contributed by atoms with Crippen LogP contribution in [0.3, 0.4) is 0 Å². The van der Waals surface area contributed by atoms with E-state index in [0.29, 0.717) is 17.7 Å². The molecule has 0 bridgehead atoms. The Bertz CT molecular complexity index is 377. The maximum absolute atomic E-state index is 12.5. The molecule has 0 unspecified atom stereocenters. The summed E-state index contributed by atoms with van der Waals surface area (Å²) in [4.78, 5) is 23.9. The van der Waals surface area contributed by atoms with Crippen molar-refractivity contribution in [3.63, 3.8) is 0 Å². The lowest BCUT2D eigenvalue weighted by Crippen LogP contribution is -2.58. The Morgan fingerprint density at radius 1 is 1.30 bits per heavy atom. The van der Waals surface area contributed by atoms with E-state index in [9.17, 15) is 27.9 Å². The molecule has 0 atom stereocenters. The Labute approximate surface area is 115 Å². The number of carboxylic acids is 1. The van der Waals surface area contributed by atoms with Gasteiger partial charge in [-0.2, -0.15) is 13.2 Å². The Balaban J connectivity index is 2.82. The topological polar surface area (TPSA) is 69.6 Å². The van der Waals surface area contributed by atoms with E-state index in [2.05, 4.69) is 5.32 Å². The minimum absolute atomic E-state index is 0.242. The van der Waals surface area contributed by atoms with Gasteiger partial charge >= 0.3 is 18.2 Å². The first-order valence-electron chi connectivity index (χ1n) is 6.46. The number of carboxylic acid groups (broad SMARTS) is 1. The molecule has 1 rings (SSSR count). The van der Waals surface area contributed by atoms with Crippen molar-refractivity contribution in [1.82, 2.24) is 10.2 Å². The molecule has 1 saturated carbocycles. The molecule has 5 nitrogen and oxygen atoms in total. The van der Waals surface area contributed by atoms with Crippen molar-refractivity contribution in [3.05, 3.63) is 0 Å². The molecule has 0 heterocycles. The zero-order chi connectivity index (χ0) is 15.6. The Kier molecular flexibility index (Phi) is 4.88. The molecule has 116 valence electrons. The minimum atomic E-state index is -4.52. The summed E-state index contributed by atoms with van der Waals surface area (Å²) in [6, 6.07) is -1.66. The number of carbonyl (C=O) groups is 2. The number of amides is 2. The maximum Gasteiger partial charge on any atom is 0.406 e. The second-order valence-corrected chi connectivity index (χ2v) is 5.36. The van der Waals surface area contributed by atoms with E-state index in [0.717, 1.165) is 0 Å². The minimum Gasteiger partial charge on any atom is -0.480 e. The van der Waals surface area contributed by atoms with Gasteiger partial charge in [0.2, 0.25) is 0 Å². The fourth-order valence-electron chi connectivity index (χ4n) is 2.33. The van der Waals surface area contributed by atoms with Crippen LogP contribution in [0.2, 0.25) is 0 Å². The van der Waals surface area contributed by atoms with E-state index >= 15 is 0 Å². The van der Waals surface area contributed by atoms with Crippen LogP contribution in [0.15, 0.2) is 0 Å². The van der Waals surface area contributed by atoms with Crippen LogP contribution >= 0.6 is 0 Å². The van der Waals surface area contributed by atoms with Gasteiger partial charge in [-0.25, -0.2) is 9.59 Å². The smallest absolute Gasteiger partial charge is 0.406 e. The highest BCUT2D eigenvalue weighted by molar-refractivity contribution is 5.86. The van der Waals surface area contributed by atoms with Crippen LogP contribution in [-0.2, 0) is 4.79 Å². The predicted octanol–water partition coefficient (Wildman–Crippen LogP) is 2.37. The SMILES string of the molecule is CC(C)N(CC(F)(F)F)C(=O)NC1(C(=O)O)CCCC1. The number of alkyl halides is 3. The third-order valence-electron chi connectivity index (χ3n) is 3.45. The molecule has 0 radical (unpaired) electrons. The maximum atomic E-state index is 12.5. The Hall–Kier alpha value is -1.47. The summed E-state index contributed by atoms with van der Waals surface area (Å²) in [5.74, 6) is -1.20. The van der Waals surface area contributed by atoms with Crippen LogP contribution in [0, 0.1) is 0 Å². The second-order valence-electron chi connectivity index (χ2n) is 5.36. The van der Waals surface area contributed by atoms with Gasteiger partial charge in [0.15, 0.2) is 0 Å². The van der Waals surface area contributed by atoms with Gasteiger partial charge in [-0.3, -0.25) is 0 Å². The van der Waals surface area contributed by atoms with Crippen molar-refractivity contribution in [1.29, 1.82) is 0 Å². The molecule has 0 aromatic carbocycles. The standard InChI is InChI=1S/C12H19F3N2O3/c1-8(2)17(7-12(13,14)15)10(20)16-11(9(18)19)5-3-4-6-11/h8H,3-7H2,1-2H3,(H,16,20)(H,18,19).